The van der Waals surface area contributed by atoms with Gasteiger partial charge in [-0.1, -0.05) is 41.9 Å². The molecular weight excluding hydrogens is 270 g/mol. The summed E-state index contributed by atoms with van der Waals surface area (Å²) in [6.07, 6.45) is 1.03. The van der Waals surface area contributed by atoms with E-state index in [0.29, 0.717) is 5.02 Å². The van der Waals surface area contributed by atoms with Gasteiger partial charge in [0.25, 0.3) is 0 Å². The van der Waals surface area contributed by atoms with Gasteiger partial charge in [-0.05, 0) is 42.3 Å². The normalized spacial score (nSPS) is 18.6. The van der Waals surface area contributed by atoms with Gasteiger partial charge in [-0.15, -0.1) is 0 Å². The van der Waals surface area contributed by atoms with Crippen molar-refractivity contribution in [3.05, 3.63) is 64.2 Å². The van der Waals surface area contributed by atoms with Crippen LogP contribution in [-0.4, -0.2) is 25.6 Å². The molecule has 0 radical (unpaired) electrons. The molecule has 104 valence electrons. The Labute approximate surface area is 124 Å². The largest absolute Gasteiger partial charge is 0.495 e. The molecule has 3 rings (SSSR count). The van der Waals surface area contributed by atoms with Crippen LogP contribution in [0.1, 0.15) is 22.7 Å². The zero-order valence-corrected chi connectivity index (χ0v) is 12.5. The fourth-order valence-electron chi connectivity index (χ4n) is 2.97. The minimum atomic E-state index is 0.270. The van der Waals surface area contributed by atoms with E-state index in [-0.39, 0.29) is 6.04 Å². The summed E-state index contributed by atoms with van der Waals surface area (Å²) in [7, 11) is 3.83. The van der Waals surface area contributed by atoms with Crippen LogP contribution in [-0.2, 0) is 6.42 Å². The molecule has 0 saturated carbocycles. The van der Waals surface area contributed by atoms with Crippen LogP contribution in [0.3, 0.4) is 0 Å². The van der Waals surface area contributed by atoms with Gasteiger partial charge < -0.3 is 4.74 Å². The van der Waals surface area contributed by atoms with Crippen molar-refractivity contribution >= 4 is 11.6 Å². The Kier molecular flexibility index (Phi) is 3.68. The maximum Gasteiger partial charge on any atom is 0.137 e. The van der Waals surface area contributed by atoms with E-state index in [1.165, 1.54) is 16.7 Å². The van der Waals surface area contributed by atoms with Crippen molar-refractivity contribution in [2.45, 2.75) is 12.5 Å². The zero-order valence-electron chi connectivity index (χ0n) is 11.8. The molecule has 2 nitrogen and oxygen atoms in total. The third-order valence-corrected chi connectivity index (χ3v) is 4.29. The highest BCUT2D eigenvalue weighted by Gasteiger charge is 2.27. The molecule has 0 saturated heterocycles. The molecule has 20 heavy (non-hydrogen) atoms. The van der Waals surface area contributed by atoms with E-state index in [1.54, 1.807) is 7.11 Å². The average molecular weight is 288 g/mol. The summed E-state index contributed by atoms with van der Waals surface area (Å²) >= 11 is 6.25. The summed E-state index contributed by atoms with van der Waals surface area (Å²) in [6, 6.07) is 15.0. The van der Waals surface area contributed by atoms with E-state index < -0.39 is 0 Å². The molecule has 0 spiro atoms. The van der Waals surface area contributed by atoms with E-state index in [2.05, 4.69) is 54.4 Å². The van der Waals surface area contributed by atoms with Crippen LogP contribution in [0.5, 0.6) is 5.75 Å². The summed E-state index contributed by atoms with van der Waals surface area (Å²) in [4.78, 5) is 2.38. The molecule has 0 unspecified atom stereocenters. The fourth-order valence-corrected chi connectivity index (χ4v) is 3.23. The summed E-state index contributed by atoms with van der Waals surface area (Å²) in [5.41, 5.74) is 3.93. The van der Waals surface area contributed by atoms with Crippen LogP contribution in [0.15, 0.2) is 42.5 Å². The van der Waals surface area contributed by atoms with E-state index in [4.69, 9.17) is 16.3 Å². The lowest BCUT2D eigenvalue weighted by Crippen LogP contribution is -2.32. The first-order chi connectivity index (χ1) is 9.70. The summed E-state index contributed by atoms with van der Waals surface area (Å²) in [6.45, 7) is 1.04. The molecule has 0 aliphatic carbocycles. The first-order valence-corrected chi connectivity index (χ1v) is 7.20. The third-order valence-electron chi connectivity index (χ3n) is 4.00. The predicted molar refractivity (Wildman–Crippen MR) is 82.6 cm³/mol. The molecule has 1 aliphatic rings. The lowest BCUT2D eigenvalue weighted by Gasteiger charge is -2.35. The van der Waals surface area contributed by atoms with Crippen molar-refractivity contribution in [3.8, 4) is 5.75 Å². The molecule has 1 aliphatic heterocycles. The van der Waals surface area contributed by atoms with Gasteiger partial charge in [0.05, 0.1) is 18.2 Å². The Morgan fingerprint density at radius 2 is 1.95 bits per heavy atom. The van der Waals surface area contributed by atoms with Crippen molar-refractivity contribution < 1.29 is 4.74 Å². The summed E-state index contributed by atoms with van der Waals surface area (Å²) < 4.78 is 5.38. The second-order valence-electron chi connectivity index (χ2n) is 5.23. The molecule has 2 aromatic carbocycles. The van der Waals surface area contributed by atoms with Crippen molar-refractivity contribution in [1.82, 2.24) is 4.90 Å². The molecule has 1 atom stereocenters. The standard InChI is InChI=1S/C17H18ClNO/c1-19-9-8-13-10-15(18)16(20-2)11-14(13)17(19)12-6-4-3-5-7-12/h3-7,10-11,17H,8-9H2,1-2H3/t17-/m1/s1. The minimum Gasteiger partial charge on any atom is -0.495 e. The highest BCUT2D eigenvalue weighted by molar-refractivity contribution is 6.32. The minimum absolute atomic E-state index is 0.270. The first kappa shape index (κ1) is 13.5. The molecule has 3 heteroatoms. The molecule has 0 amide bonds. The van der Waals surface area contributed by atoms with E-state index >= 15 is 0 Å². The number of rotatable bonds is 2. The van der Waals surface area contributed by atoms with E-state index in [9.17, 15) is 0 Å². The Morgan fingerprint density at radius 1 is 1.20 bits per heavy atom. The van der Waals surface area contributed by atoms with Gasteiger partial charge in [0.15, 0.2) is 0 Å². The molecule has 2 aromatic rings. The smallest absolute Gasteiger partial charge is 0.137 e. The van der Waals surface area contributed by atoms with Crippen LogP contribution in [0.25, 0.3) is 0 Å². The third kappa shape index (κ3) is 2.30. The monoisotopic (exact) mass is 287 g/mol. The van der Waals surface area contributed by atoms with Crippen LogP contribution >= 0.6 is 11.6 Å². The van der Waals surface area contributed by atoms with Crippen LogP contribution in [0, 0.1) is 0 Å². The Bertz CT molecular complexity index is 612. The average Bonchev–Trinajstić information content (AvgIpc) is 2.48. The van der Waals surface area contributed by atoms with Gasteiger partial charge in [-0.25, -0.2) is 0 Å². The maximum absolute atomic E-state index is 6.25. The fraction of sp³-hybridized carbons (Fsp3) is 0.294. The molecule has 1 heterocycles. The number of fused-ring (bicyclic) bond motifs is 1. The van der Waals surface area contributed by atoms with E-state index in [1.807, 2.05) is 0 Å². The summed E-state index contributed by atoms with van der Waals surface area (Å²) in [5, 5.41) is 0.697. The number of nitrogens with zero attached hydrogens (tertiary/aromatic N) is 1. The number of methoxy groups -OCH3 is 1. The SMILES string of the molecule is COc1cc2c(cc1Cl)CCN(C)[C@@H]2c1ccccc1. The van der Waals surface area contributed by atoms with Crippen molar-refractivity contribution in [2.24, 2.45) is 0 Å². The maximum atomic E-state index is 6.25. The molecule has 0 bridgehead atoms. The van der Waals surface area contributed by atoms with Crippen LogP contribution < -0.4 is 4.74 Å². The lowest BCUT2D eigenvalue weighted by atomic mass is 9.88. The first-order valence-electron chi connectivity index (χ1n) is 6.82. The Hall–Kier alpha value is -1.51. The second kappa shape index (κ2) is 5.47. The van der Waals surface area contributed by atoms with Crippen molar-refractivity contribution in [3.63, 3.8) is 0 Å². The number of benzene rings is 2. The van der Waals surface area contributed by atoms with Crippen molar-refractivity contribution in [2.75, 3.05) is 20.7 Å². The predicted octanol–water partition coefficient (Wildman–Crippen LogP) is 3.93. The number of halogens is 1. The van der Waals surface area contributed by atoms with Gasteiger partial charge in [-0.3, -0.25) is 4.90 Å². The number of likely N-dealkylation sites (N-methyl/N-ethyl adjacent to an activating group) is 1. The lowest BCUT2D eigenvalue weighted by molar-refractivity contribution is 0.264. The van der Waals surface area contributed by atoms with Gasteiger partial charge in [0.2, 0.25) is 0 Å². The van der Waals surface area contributed by atoms with Gasteiger partial charge in [0.1, 0.15) is 5.75 Å². The Morgan fingerprint density at radius 3 is 2.65 bits per heavy atom. The number of hydrogen-bond donors (Lipinski definition) is 0. The molecular formula is C17H18ClNO. The number of ether oxygens (including phenoxy) is 1. The second-order valence-corrected chi connectivity index (χ2v) is 5.64. The zero-order chi connectivity index (χ0) is 14.1. The van der Waals surface area contributed by atoms with E-state index in [0.717, 1.165) is 18.7 Å². The quantitative estimate of drug-likeness (QED) is 0.830. The highest BCUT2D eigenvalue weighted by atomic mass is 35.5. The Balaban J connectivity index is 2.13. The van der Waals surface area contributed by atoms with Gasteiger partial charge in [-0.2, -0.15) is 0 Å². The van der Waals surface area contributed by atoms with Gasteiger partial charge >= 0.3 is 0 Å². The van der Waals surface area contributed by atoms with Gasteiger partial charge in [0, 0.05) is 6.54 Å². The van der Waals surface area contributed by atoms with Crippen LogP contribution in [0.4, 0.5) is 0 Å². The topological polar surface area (TPSA) is 12.5 Å². The van der Waals surface area contributed by atoms with Crippen molar-refractivity contribution in [1.29, 1.82) is 0 Å². The molecule has 0 N–H and O–H groups in total. The van der Waals surface area contributed by atoms with Crippen LogP contribution in [0.2, 0.25) is 5.02 Å². The highest BCUT2D eigenvalue weighted by Crippen LogP contribution is 2.39. The number of hydrogen-bond acceptors (Lipinski definition) is 2. The molecule has 0 fully saturated rings. The molecule has 0 aromatic heterocycles. The summed E-state index contributed by atoms with van der Waals surface area (Å²) in [5.74, 6) is 0.752.